The van der Waals surface area contributed by atoms with Crippen LogP contribution in [0.25, 0.3) is 22.4 Å². The van der Waals surface area contributed by atoms with Gasteiger partial charge in [0.25, 0.3) is 5.89 Å². The number of ether oxygens (including phenoxy) is 2. The smallest absolute Gasteiger partial charge is 0.355 e. The molecule has 1 atom stereocenters. The van der Waals surface area contributed by atoms with Crippen molar-refractivity contribution in [3.05, 3.63) is 66.2 Å². The Kier molecular flexibility index (Phi) is 4.33. The third kappa shape index (κ3) is 3.39. The lowest BCUT2D eigenvalue weighted by Crippen LogP contribution is -2.09. The maximum Gasteiger partial charge on any atom is 0.355 e. The number of hydrogen-bond donors (Lipinski definition) is 1. The molecule has 0 bridgehead atoms. The first-order valence-electron chi connectivity index (χ1n) is 8.40. The Labute approximate surface area is 154 Å². The third-order valence-corrected chi connectivity index (χ3v) is 4.16. The summed E-state index contributed by atoms with van der Waals surface area (Å²) in [5.74, 6) is 0.827. The van der Waals surface area contributed by atoms with Crippen LogP contribution in [0.1, 0.15) is 29.4 Å². The van der Waals surface area contributed by atoms with E-state index in [4.69, 9.17) is 13.9 Å². The van der Waals surface area contributed by atoms with Gasteiger partial charge < -0.3 is 18.9 Å². The van der Waals surface area contributed by atoms with Crippen LogP contribution in [0.4, 0.5) is 0 Å². The minimum absolute atomic E-state index is 0.227. The molecule has 2 heterocycles. The van der Waals surface area contributed by atoms with E-state index in [0.717, 1.165) is 22.2 Å². The number of esters is 1. The van der Waals surface area contributed by atoms with E-state index in [0.29, 0.717) is 11.6 Å². The fourth-order valence-corrected chi connectivity index (χ4v) is 2.71. The van der Waals surface area contributed by atoms with E-state index in [-0.39, 0.29) is 5.89 Å². The topological polar surface area (TPSA) is 90.2 Å². The van der Waals surface area contributed by atoms with Crippen molar-refractivity contribution >= 4 is 16.9 Å². The summed E-state index contributed by atoms with van der Waals surface area (Å²) in [6.45, 7) is 1.69. The van der Waals surface area contributed by atoms with E-state index in [1.807, 2.05) is 36.4 Å². The molecule has 27 heavy (non-hydrogen) atoms. The summed E-state index contributed by atoms with van der Waals surface area (Å²) in [5, 5.41) is 8.95. The Balaban J connectivity index is 1.48. The maximum absolute atomic E-state index is 12.4. The van der Waals surface area contributed by atoms with Crippen molar-refractivity contribution in [2.45, 2.75) is 13.0 Å². The molecule has 4 rings (SSSR count). The van der Waals surface area contributed by atoms with Crippen LogP contribution in [-0.2, 0) is 4.74 Å². The fourth-order valence-electron chi connectivity index (χ4n) is 2.71. The number of nitrogens with zero attached hydrogens (tertiary/aromatic N) is 2. The second-order valence-corrected chi connectivity index (χ2v) is 5.99. The Morgan fingerprint density at radius 2 is 1.89 bits per heavy atom. The highest BCUT2D eigenvalue weighted by molar-refractivity contribution is 5.94. The van der Waals surface area contributed by atoms with Gasteiger partial charge in [0.15, 0.2) is 6.10 Å². The lowest BCUT2D eigenvalue weighted by atomic mass is 10.2. The normalized spacial score (nSPS) is 12.1. The van der Waals surface area contributed by atoms with Crippen LogP contribution < -0.4 is 4.74 Å². The van der Waals surface area contributed by atoms with Gasteiger partial charge in [-0.25, -0.2) is 4.79 Å². The lowest BCUT2D eigenvalue weighted by molar-refractivity contribution is 0.0274. The number of aromatic amines is 1. The van der Waals surface area contributed by atoms with Crippen molar-refractivity contribution in [3.8, 4) is 17.2 Å². The number of H-pyrrole nitrogens is 1. The second kappa shape index (κ2) is 6.95. The summed E-state index contributed by atoms with van der Waals surface area (Å²) in [4.78, 5) is 15.4. The zero-order valence-corrected chi connectivity index (χ0v) is 14.8. The van der Waals surface area contributed by atoms with E-state index < -0.39 is 12.1 Å². The molecule has 0 saturated heterocycles. The van der Waals surface area contributed by atoms with Gasteiger partial charge in [0.05, 0.1) is 7.11 Å². The van der Waals surface area contributed by atoms with Crippen molar-refractivity contribution < 1.29 is 18.7 Å². The van der Waals surface area contributed by atoms with Gasteiger partial charge in [0.1, 0.15) is 11.4 Å². The molecular formula is C20H17N3O4. The number of hydrogen-bond acceptors (Lipinski definition) is 6. The van der Waals surface area contributed by atoms with Gasteiger partial charge in [-0.2, -0.15) is 0 Å². The summed E-state index contributed by atoms with van der Waals surface area (Å²) < 4.78 is 16.2. The number of aromatic nitrogens is 3. The molecule has 4 aromatic rings. The summed E-state index contributed by atoms with van der Waals surface area (Å²) in [5.41, 5.74) is 2.00. The van der Waals surface area contributed by atoms with Crippen LogP contribution >= 0.6 is 0 Å². The van der Waals surface area contributed by atoms with Crippen LogP contribution in [0, 0.1) is 0 Å². The fraction of sp³-hybridized carbons (Fsp3) is 0.150. The van der Waals surface area contributed by atoms with E-state index in [9.17, 15) is 4.79 Å². The first kappa shape index (κ1) is 16.8. The molecule has 0 fully saturated rings. The van der Waals surface area contributed by atoms with Crippen LogP contribution in [-0.4, -0.2) is 28.3 Å². The van der Waals surface area contributed by atoms with Gasteiger partial charge in [0.2, 0.25) is 5.89 Å². The third-order valence-electron chi connectivity index (χ3n) is 4.16. The quantitative estimate of drug-likeness (QED) is 0.536. The Morgan fingerprint density at radius 3 is 2.63 bits per heavy atom. The summed E-state index contributed by atoms with van der Waals surface area (Å²) in [6, 6.07) is 16.6. The largest absolute Gasteiger partial charge is 0.497 e. The Hall–Kier alpha value is -3.61. The standard InChI is InChI=1S/C20H17N3O4/c1-12(26-20(24)17-11-14-5-3-4-6-16(14)21-17)18-22-23-19(27-18)13-7-9-15(25-2)10-8-13/h3-12,21H,1-2H3/t12-/m0/s1. The number of carbonyl (C=O) groups is 1. The summed E-state index contributed by atoms with van der Waals surface area (Å²) in [7, 11) is 1.60. The molecule has 2 aromatic heterocycles. The summed E-state index contributed by atoms with van der Waals surface area (Å²) in [6.07, 6.45) is -0.677. The maximum atomic E-state index is 12.4. The van der Waals surface area contributed by atoms with Gasteiger partial charge in [-0.15, -0.1) is 10.2 Å². The first-order chi connectivity index (χ1) is 13.1. The number of nitrogens with one attached hydrogen (secondary N) is 1. The molecule has 1 N–H and O–H groups in total. The first-order valence-corrected chi connectivity index (χ1v) is 8.40. The number of para-hydroxylation sites is 1. The van der Waals surface area contributed by atoms with Gasteiger partial charge in [-0.05, 0) is 43.3 Å². The summed E-state index contributed by atoms with van der Waals surface area (Å²) >= 11 is 0. The number of methoxy groups -OCH3 is 1. The molecular weight excluding hydrogens is 346 g/mol. The molecule has 0 amide bonds. The number of benzene rings is 2. The van der Waals surface area contributed by atoms with Crippen molar-refractivity contribution in [3.63, 3.8) is 0 Å². The van der Waals surface area contributed by atoms with Crippen LogP contribution in [0.5, 0.6) is 5.75 Å². The molecule has 0 unspecified atom stereocenters. The number of carbonyl (C=O) groups excluding carboxylic acids is 1. The predicted molar refractivity (Wildman–Crippen MR) is 98.4 cm³/mol. The van der Waals surface area contributed by atoms with E-state index in [2.05, 4.69) is 15.2 Å². The zero-order valence-electron chi connectivity index (χ0n) is 14.8. The highest BCUT2D eigenvalue weighted by Gasteiger charge is 2.21. The van der Waals surface area contributed by atoms with Crippen LogP contribution in [0.2, 0.25) is 0 Å². The molecule has 136 valence electrons. The van der Waals surface area contributed by atoms with Gasteiger partial charge in [0, 0.05) is 16.5 Å². The van der Waals surface area contributed by atoms with Crippen LogP contribution in [0.15, 0.2) is 59.0 Å². The predicted octanol–water partition coefficient (Wildman–Crippen LogP) is 4.14. The number of rotatable bonds is 5. The van der Waals surface area contributed by atoms with Gasteiger partial charge >= 0.3 is 5.97 Å². The van der Waals surface area contributed by atoms with E-state index in [1.165, 1.54) is 0 Å². The molecule has 0 spiro atoms. The molecule has 0 aliphatic rings. The molecule has 0 aliphatic carbocycles. The molecule has 0 aliphatic heterocycles. The Bertz CT molecular complexity index is 1050. The van der Waals surface area contributed by atoms with E-state index in [1.54, 1.807) is 32.2 Å². The lowest BCUT2D eigenvalue weighted by Gasteiger charge is -2.08. The van der Waals surface area contributed by atoms with E-state index >= 15 is 0 Å². The molecule has 0 saturated carbocycles. The van der Waals surface area contributed by atoms with Gasteiger partial charge in [-0.1, -0.05) is 18.2 Å². The minimum atomic E-state index is -0.677. The molecule has 0 radical (unpaired) electrons. The van der Waals surface area contributed by atoms with Gasteiger partial charge in [-0.3, -0.25) is 0 Å². The number of fused-ring (bicyclic) bond motifs is 1. The average molecular weight is 363 g/mol. The molecule has 7 nitrogen and oxygen atoms in total. The SMILES string of the molecule is COc1ccc(-c2nnc([C@H](C)OC(=O)c3cc4ccccc4[nH]3)o2)cc1. The minimum Gasteiger partial charge on any atom is -0.497 e. The highest BCUT2D eigenvalue weighted by atomic mass is 16.6. The highest BCUT2D eigenvalue weighted by Crippen LogP contribution is 2.25. The monoisotopic (exact) mass is 363 g/mol. The molecule has 2 aromatic carbocycles. The zero-order chi connectivity index (χ0) is 18.8. The van der Waals surface area contributed by atoms with Crippen molar-refractivity contribution in [1.29, 1.82) is 0 Å². The second-order valence-electron chi connectivity index (χ2n) is 5.99. The average Bonchev–Trinajstić information content (AvgIpc) is 3.35. The van der Waals surface area contributed by atoms with Crippen molar-refractivity contribution in [2.24, 2.45) is 0 Å². The molecule has 7 heteroatoms. The Morgan fingerprint density at radius 1 is 1.11 bits per heavy atom. The van der Waals surface area contributed by atoms with Crippen molar-refractivity contribution in [1.82, 2.24) is 15.2 Å². The van der Waals surface area contributed by atoms with Crippen molar-refractivity contribution in [2.75, 3.05) is 7.11 Å². The van der Waals surface area contributed by atoms with Crippen LogP contribution in [0.3, 0.4) is 0 Å².